The van der Waals surface area contributed by atoms with E-state index in [2.05, 4.69) is 237 Å². The van der Waals surface area contributed by atoms with Crippen LogP contribution in [0.2, 0.25) is 0 Å². The summed E-state index contributed by atoms with van der Waals surface area (Å²) in [5.41, 5.74) is 15.7. The van der Waals surface area contributed by atoms with Crippen LogP contribution < -0.4 is 0 Å². The van der Waals surface area contributed by atoms with Crippen molar-refractivity contribution in [1.82, 2.24) is 9.55 Å². The number of nitrogens with zero attached hydrogens (tertiary/aromatic N) is 2. The minimum Gasteiger partial charge on any atom is -0.309 e. The van der Waals surface area contributed by atoms with Gasteiger partial charge in [-0.2, -0.15) is 0 Å². The minimum absolute atomic E-state index is 0.152. The molecule has 0 saturated heterocycles. The molecule has 0 radical (unpaired) electrons. The van der Waals surface area contributed by atoms with Gasteiger partial charge < -0.3 is 4.57 Å². The van der Waals surface area contributed by atoms with Crippen molar-refractivity contribution in [2.45, 2.75) is 19.3 Å². The van der Waals surface area contributed by atoms with Gasteiger partial charge in [0.25, 0.3) is 0 Å². The lowest BCUT2D eigenvalue weighted by molar-refractivity contribution is 0.661. The molecule has 308 valence electrons. The van der Waals surface area contributed by atoms with Gasteiger partial charge in [-0.15, -0.1) is 0 Å². The second kappa shape index (κ2) is 13.8. The Hall–Kier alpha value is -8.33. The summed E-state index contributed by atoms with van der Waals surface area (Å²) in [6, 6.07) is 78.6. The molecule has 0 unspecified atom stereocenters. The van der Waals surface area contributed by atoms with Gasteiger partial charge in [-0.25, -0.2) is 0 Å². The molecule has 1 aliphatic carbocycles. The van der Waals surface area contributed by atoms with E-state index < -0.39 is 0 Å². The van der Waals surface area contributed by atoms with E-state index in [1.807, 2.05) is 0 Å². The average Bonchev–Trinajstić information content (AvgIpc) is 3.83. The minimum atomic E-state index is -0.152. The number of fused-ring (bicyclic) bond motifs is 14. The Morgan fingerprint density at radius 1 is 0.333 bits per heavy atom. The van der Waals surface area contributed by atoms with Crippen LogP contribution in [0.15, 0.2) is 219 Å². The highest BCUT2D eigenvalue weighted by atomic mass is 15.0. The fourth-order valence-corrected chi connectivity index (χ4v) is 11.8. The van der Waals surface area contributed by atoms with E-state index in [0.29, 0.717) is 0 Å². The van der Waals surface area contributed by atoms with E-state index in [4.69, 9.17) is 4.98 Å². The molecule has 0 atom stereocenters. The maximum Gasteiger partial charge on any atom is 0.0702 e. The van der Waals surface area contributed by atoms with Gasteiger partial charge in [-0.05, 0) is 141 Å². The van der Waals surface area contributed by atoms with Gasteiger partial charge in [0, 0.05) is 39.2 Å². The van der Waals surface area contributed by atoms with Crippen LogP contribution in [-0.4, -0.2) is 9.55 Å². The van der Waals surface area contributed by atoms with E-state index in [0.717, 1.165) is 22.5 Å². The molecule has 66 heavy (non-hydrogen) atoms. The third kappa shape index (κ3) is 5.21. The zero-order valence-electron chi connectivity index (χ0n) is 36.7. The van der Waals surface area contributed by atoms with Crippen molar-refractivity contribution in [1.29, 1.82) is 0 Å². The fourth-order valence-electron chi connectivity index (χ4n) is 11.8. The lowest BCUT2D eigenvalue weighted by Gasteiger charge is -2.24. The van der Waals surface area contributed by atoms with Crippen molar-refractivity contribution in [2.24, 2.45) is 0 Å². The first-order valence-corrected chi connectivity index (χ1v) is 23.0. The molecule has 11 aromatic carbocycles. The fraction of sp³-hybridized carbons (Fsp3) is 0.0469. The number of para-hydroxylation sites is 2. The molecule has 2 nitrogen and oxygen atoms in total. The molecule has 13 aromatic rings. The molecule has 0 saturated carbocycles. The van der Waals surface area contributed by atoms with E-state index >= 15 is 0 Å². The summed E-state index contributed by atoms with van der Waals surface area (Å²) in [5.74, 6) is 0. The molecule has 0 bridgehead atoms. The largest absolute Gasteiger partial charge is 0.309 e. The molecule has 2 heteroatoms. The Kier molecular flexibility index (Phi) is 7.77. The quantitative estimate of drug-likeness (QED) is 0.128. The summed E-state index contributed by atoms with van der Waals surface area (Å²) >= 11 is 0. The highest BCUT2D eigenvalue weighted by Gasteiger charge is 2.36. The maximum absolute atomic E-state index is 5.28. The zero-order chi connectivity index (χ0) is 43.7. The van der Waals surface area contributed by atoms with Gasteiger partial charge in [0.2, 0.25) is 0 Å². The molecule has 2 aromatic heterocycles. The lowest BCUT2D eigenvalue weighted by Crippen LogP contribution is -2.14. The van der Waals surface area contributed by atoms with Crippen molar-refractivity contribution in [3.05, 3.63) is 230 Å². The number of benzene rings is 11. The predicted octanol–water partition coefficient (Wildman–Crippen LogP) is 17.3. The number of pyridine rings is 1. The first-order valence-electron chi connectivity index (χ1n) is 23.0. The van der Waals surface area contributed by atoms with Crippen molar-refractivity contribution in [3.63, 3.8) is 0 Å². The highest BCUT2D eigenvalue weighted by Crippen LogP contribution is 2.53. The topological polar surface area (TPSA) is 17.8 Å². The third-order valence-corrected chi connectivity index (χ3v) is 14.8. The molecule has 2 heterocycles. The van der Waals surface area contributed by atoms with Gasteiger partial charge in [0.05, 0.1) is 16.7 Å². The standard InChI is InChI=1S/C64H42N2/c1-64(2)57-24-12-9-19-48(57)54-36-55-56(37-58(54)64)63(41-30-34-59(65-38-41)40-29-33-47-45-17-4-3-15-43(45)44-16-5-6-18-46(44)53(47)35-40)52-23-8-7-22-51(52)62(55)39-27-31-42(32-28-39)66-60-25-13-10-20-49(60)50-21-11-14-26-61(50)66/h3-38H,1-2H3. The Balaban J connectivity index is 0.972. The van der Waals surface area contributed by atoms with E-state index in [1.165, 1.54) is 115 Å². The van der Waals surface area contributed by atoms with Gasteiger partial charge in [-0.3, -0.25) is 4.98 Å². The normalized spacial score (nSPS) is 13.1. The summed E-state index contributed by atoms with van der Waals surface area (Å²) in [5, 5.41) is 15.1. The predicted molar refractivity (Wildman–Crippen MR) is 280 cm³/mol. The lowest BCUT2D eigenvalue weighted by atomic mass is 9.79. The van der Waals surface area contributed by atoms with Crippen LogP contribution in [0.25, 0.3) is 126 Å². The van der Waals surface area contributed by atoms with Gasteiger partial charge >= 0.3 is 0 Å². The number of hydrogen-bond acceptors (Lipinski definition) is 1. The van der Waals surface area contributed by atoms with Crippen LogP contribution in [0.4, 0.5) is 0 Å². The molecule has 0 amide bonds. The molecular formula is C64H42N2. The van der Waals surface area contributed by atoms with Crippen LogP contribution in [0.3, 0.4) is 0 Å². The van der Waals surface area contributed by atoms with Gasteiger partial charge in [0.1, 0.15) is 0 Å². The Bertz CT molecular complexity index is 4080. The summed E-state index contributed by atoms with van der Waals surface area (Å²) in [4.78, 5) is 5.28. The van der Waals surface area contributed by atoms with Crippen LogP contribution in [-0.2, 0) is 5.41 Å². The number of hydrogen-bond donors (Lipinski definition) is 0. The average molecular weight is 839 g/mol. The second-order valence-corrected chi connectivity index (χ2v) is 18.6. The Labute approximate surface area is 382 Å². The van der Waals surface area contributed by atoms with Crippen molar-refractivity contribution < 1.29 is 0 Å². The van der Waals surface area contributed by atoms with E-state index in [1.54, 1.807) is 0 Å². The molecule has 1 aliphatic rings. The van der Waals surface area contributed by atoms with Gasteiger partial charge in [-0.1, -0.05) is 178 Å². The van der Waals surface area contributed by atoms with E-state index in [-0.39, 0.29) is 5.41 Å². The van der Waals surface area contributed by atoms with Crippen molar-refractivity contribution >= 4 is 75.7 Å². The second-order valence-electron chi connectivity index (χ2n) is 18.6. The molecular weight excluding hydrogens is 797 g/mol. The molecule has 0 spiro atoms. The van der Waals surface area contributed by atoms with Gasteiger partial charge in [0.15, 0.2) is 0 Å². The van der Waals surface area contributed by atoms with Crippen LogP contribution in [0.5, 0.6) is 0 Å². The van der Waals surface area contributed by atoms with Crippen LogP contribution in [0.1, 0.15) is 25.0 Å². The molecule has 0 aliphatic heterocycles. The molecule has 0 N–H and O–H groups in total. The first-order chi connectivity index (χ1) is 32.5. The summed E-state index contributed by atoms with van der Waals surface area (Å²) in [7, 11) is 0. The van der Waals surface area contributed by atoms with Crippen LogP contribution in [0, 0.1) is 0 Å². The maximum atomic E-state index is 5.28. The number of rotatable bonds is 4. The Morgan fingerprint density at radius 2 is 0.818 bits per heavy atom. The van der Waals surface area contributed by atoms with Crippen molar-refractivity contribution in [2.75, 3.05) is 0 Å². The smallest absolute Gasteiger partial charge is 0.0702 e. The zero-order valence-corrected chi connectivity index (χ0v) is 36.7. The first kappa shape index (κ1) is 37.1. The SMILES string of the molecule is CC1(C)c2ccccc2-c2cc3c(-c4ccc(-n5c6ccccc6c6ccccc65)cc4)c4ccccc4c(-c4ccc(-c5ccc6c7ccccc7c7ccccc7c6c5)nc4)c3cc21. The highest BCUT2D eigenvalue weighted by molar-refractivity contribution is 6.26. The van der Waals surface area contributed by atoms with Crippen molar-refractivity contribution in [3.8, 4) is 50.3 Å². The summed E-state index contributed by atoms with van der Waals surface area (Å²) in [6.07, 6.45) is 2.10. The molecule has 0 fully saturated rings. The van der Waals surface area contributed by atoms with E-state index in [9.17, 15) is 0 Å². The Morgan fingerprint density at radius 3 is 1.44 bits per heavy atom. The third-order valence-electron chi connectivity index (χ3n) is 14.8. The number of aromatic nitrogens is 2. The van der Waals surface area contributed by atoms with Crippen LogP contribution >= 0.6 is 0 Å². The summed E-state index contributed by atoms with van der Waals surface area (Å²) < 4.78 is 2.40. The molecule has 14 rings (SSSR count). The summed E-state index contributed by atoms with van der Waals surface area (Å²) in [6.45, 7) is 4.76. The monoisotopic (exact) mass is 838 g/mol.